The number of fused-ring (bicyclic) bond motifs is 2. The van der Waals surface area contributed by atoms with Gasteiger partial charge in [-0.25, -0.2) is 5.26 Å². The van der Waals surface area contributed by atoms with Gasteiger partial charge in [-0.3, -0.25) is 9.11 Å². The number of hydrogen-bond donors (Lipinski definition) is 5. The molecule has 0 fully saturated rings. The van der Waals surface area contributed by atoms with Crippen LogP contribution in [0.5, 0.6) is 5.75 Å². The number of benzene rings is 4. The van der Waals surface area contributed by atoms with Gasteiger partial charge in [-0.15, -0.1) is 14.6 Å². The lowest BCUT2D eigenvalue weighted by Crippen LogP contribution is -2.15. The number of aromatic nitrogens is 3. The lowest BCUT2D eigenvalue weighted by molar-refractivity contribution is -0.432. The molecule has 4 aromatic carbocycles. The van der Waals surface area contributed by atoms with Crippen molar-refractivity contribution in [2.45, 2.75) is 21.6 Å². The van der Waals surface area contributed by atoms with E-state index in [1.807, 2.05) is 0 Å². The highest BCUT2D eigenvalue weighted by atomic mass is 32.2. The summed E-state index contributed by atoms with van der Waals surface area (Å²) in [6.45, 7) is 1.66. The molecular weight excluding hydrogens is 655 g/mol. The van der Waals surface area contributed by atoms with E-state index >= 15 is 0 Å². The summed E-state index contributed by atoms with van der Waals surface area (Å²) in [5.41, 5.74) is 5.65. The number of nitrogens with two attached hydrogens (primary N) is 1. The van der Waals surface area contributed by atoms with Gasteiger partial charge in [0.05, 0.1) is 16.9 Å². The number of aromatic hydroxyl groups is 1. The largest absolute Gasteiger partial charge is 0.505 e. The van der Waals surface area contributed by atoms with E-state index in [2.05, 4.69) is 34.6 Å². The van der Waals surface area contributed by atoms with Crippen LogP contribution in [0.1, 0.15) is 5.82 Å². The minimum Gasteiger partial charge on any atom is -0.505 e. The van der Waals surface area contributed by atoms with Crippen LogP contribution >= 0.6 is 12.0 Å². The Labute approximate surface area is 258 Å². The minimum atomic E-state index is -5.04. The van der Waals surface area contributed by atoms with Gasteiger partial charge in [0.25, 0.3) is 20.2 Å². The van der Waals surface area contributed by atoms with Crippen LogP contribution in [-0.4, -0.2) is 58.3 Å². The Morgan fingerprint density at radius 1 is 0.911 bits per heavy atom. The number of rotatable bonds is 9. The van der Waals surface area contributed by atoms with Crippen LogP contribution in [0.4, 0.5) is 29.0 Å². The molecule has 0 bridgehead atoms. The molecule has 0 aliphatic heterocycles. The number of phenols is 1. The molecule has 0 radical (unpaired) electrons. The molecule has 45 heavy (non-hydrogen) atoms. The van der Waals surface area contributed by atoms with Gasteiger partial charge in [-0.05, 0) is 48.7 Å². The lowest BCUT2D eigenvalue weighted by atomic mass is 10.1. The molecule has 0 aliphatic carbocycles. The van der Waals surface area contributed by atoms with Crippen LogP contribution in [0.15, 0.2) is 79.5 Å². The van der Waals surface area contributed by atoms with Crippen molar-refractivity contribution in [1.29, 1.82) is 0 Å². The molecular formula is C25H21N7O10S3. The zero-order valence-electron chi connectivity index (χ0n) is 22.9. The average molecular weight is 676 g/mol. The second kappa shape index (κ2) is 12.1. The van der Waals surface area contributed by atoms with Crippen molar-refractivity contribution in [2.75, 3.05) is 17.7 Å². The maximum atomic E-state index is 12.4. The molecule has 1 aromatic heterocycles. The fourth-order valence-electron chi connectivity index (χ4n) is 4.48. The normalized spacial score (nSPS) is 12.4. The van der Waals surface area contributed by atoms with Crippen LogP contribution in [0.2, 0.25) is 0 Å². The first-order chi connectivity index (χ1) is 21.2. The Balaban J connectivity index is 1.65. The highest BCUT2D eigenvalue weighted by Gasteiger charge is 2.24. The fraction of sp³-hybridized carbons (Fsp3) is 0.0800. The number of nitrogens with zero attached hydrogens (tertiary/aromatic N) is 6. The third-order valence-corrected chi connectivity index (χ3v) is 8.85. The van der Waals surface area contributed by atoms with Gasteiger partial charge in [0, 0.05) is 28.9 Å². The first kappa shape index (κ1) is 31.9. The Morgan fingerprint density at radius 3 is 2.31 bits per heavy atom. The molecule has 0 atom stereocenters. The molecule has 1 heterocycles. The molecule has 0 saturated carbocycles. The third kappa shape index (κ3) is 6.48. The maximum Gasteiger partial charge on any atom is 0.297 e. The van der Waals surface area contributed by atoms with Crippen molar-refractivity contribution >= 4 is 82.8 Å². The number of nitrogen functional groups attached to an aromatic ring is 1. The van der Waals surface area contributed by atoms with Crippen LogP contribution in [0, 0.1) is 6.92 Å². The first-order valence-electron chi connectivity index (χ1n) is 12.3. The molecule has 234 valence electrons. The molecule has 5 rings (SSSR count). The molecule has 0 unspecified atom stereocenters. The van der Waals surface area contributed by atoms with Crippen LogP contribution in [0.3, 0.4) is 0 Å². The highest BCUT2D eigenvalue weighted by molar-refractivity contribution is 7.94. The minimum absolute atomic E-state index is 0.0278. The monoisotopic (exact) mass is 675 g/mol. The molecule has 6 N–H and O–H groups in total. The summed E-state index contributed by atoms with van der Waals surface area (Å²) in [6.07, 6.45) is 0. The molecule has 0 aliphatic rings. The van der Waals surface area contributed by atoms with Gasteiger partial charge in [0.1, 0.15) is 27.0 Å². The van der Waals surface area contributed by atoms with Gasteiger partial charge in [0.15, 0.2) is 5.75 Å². The number of hydrogen-bond acceptors (Lipinski definition) is 16. The fourth-order valence-corrected chi connectivity index (χ4v) is 6.51. The van der Waals surface area contributed by atoms with E-state index in [1.54, 1.807) is 37.1 Å². The summed E-state index contributed by atoms with van der Waals surface area (Å²) in [7, 11) is -8.11. The Bertz CT molecular complexity index is 2210. The van der Waals surface area contributed by atoms with Crippen molar-refractivity contribution in [2.24, 2.45) is 10.2 Å². The van der Waals surface area contributed by atoms with Gasteiger partial charge in [0.2, 0.25) is 11.9 Å². The molecule has 17 nitrogen and oxygen atoms in total. The van der Waals surface area contributed by atoms with Gasteiger partial charge < -0.3 is 15.7 Å². The molecule has 5 aromatic rings. The Morgan fingerprint density at radius 2 is 1.64 bits per heavy atom. The predicted molar refractivity (Wildman–Crippen MR) is 161 cm³/mol. The molecule has 0 saturated heterocycles. The second-order valence-corrected chi connectivity index (χ2v) is 12.7. The first-order valence-corrected chi connectivity index (χ1v) is 15.9. The standard InChI is InChI=1S/C25H21N7O10S3/c1-12-27-24(26)29-25(28-12)32(2)14-6-7-15-13(10-14)11-19(43-42-41-34)21(22(15)33)31-30-18-9-8-16-17(23(18)45(38,39)40)4-3-5-20(16)44(35,36)37/h3-11,33-34H,1-2H3,(H,35,36,37)(H,38,39,40)(H2,26,27,28,29)/b31-30-. The van der Waals surface area contributed by atoms with Crippen molar-refractivity contribution < 1.29 is 45.7 Å². The molecule has 20 heteroatoms. The summed E-state index contributed by atoms with van der Waals surface area (Å²) >= 11 is 0.432. The predicted octanol–water partition coefficient (Wildman–Crippen LogP) is 4.88. The van der Waals surface area contributed by atoms with Crippen molar-refractivity contribution in [3.63, 3.8) is 0 Å². The summed E-state index contributed by atoms with van der Waals surface area (Å²) in [6, 6.07) is 12.0. The van der Waals surface area contributed by atoms with E-state index < -0.39 is 41.5 Å². The number of azo groups is 1. The van der Waals surface area contributed by atoms with E-state index in [0.717, 1.165) is 12.1 Å². The maximum absolute atomic E-state index is 12.4. The van der Waals surface area contributed by atoms with Gasteiger partial charge in [-0.2, -0.15) is 31.8 Å². The summed E-state index contributed by atoms with van der Waals surface area (Å²) in [5.74, 6) is 0.257. The Kier molecular flexibility index (Phi) is 8.57. The van der Waals surface area contributed by atoms with E-state index in [0.29, 0.717) is 28.9 Å². The summed E-state index contributed by atoms with van der Waals surface area (Å²) < 4.78 is 72.7. The SMILES string of the molecule is Cc1nc(N)nc(N(C)c2ccc3c(O)c(/N=N\c4ccc5c(S(=O)(=O)O)cccc5c4S(=O)(=O)O)c(SOOO)cc3c2)n1. The lowest BCUT2D eigenvalue weighted by Gasteiger charge is -2.18. The zero-order chi connectivity index (χ0) is 32.7. The molecule has 0 spiro atoms. The van der Waals surface area contributed by atoms with Gasteiger partial charge >= 0.3 is 0 Å². The van der Waals surface area contributed by atoms with Gasteiger partial charge in [-0.1, -0.05) is 23.2 Å². The zero-order valence-corrected chi connectivity index (χ0v) is 25.4. The highest BCUT2D eigenvalue weighted by Crippen LogP contribution is 2.45. The number of aryl methyl sites for hydroxylation is 1. The van der Waals surface area contributed by atoms with Crippen LogP contribution in [0.25, 0.3) is 21.5 Å². The third-order valence-electron chi connectivity index (χ3n) is 6.37. The van der Waals surface area contributed by atoms with Crippen LogP contribution in [-0.2, 0) is 29.6 Å². The van der Waals surface area contributed by atoms with E-state index in [4.69, 9.17) is 11.0 Å². The second-order valence-electron chi connectivity index (χ2n) is 9.22. The van der Waals surface area contributed by atoms with Crippen molar-refractivity contribution in [1.82, 2.24) is 15.0 Å². The van der Waals surface area contributed by atoms with Crippen LogP contribution < -0.4 is 10.6 Å². The van der Waals surface area contributed by atoms with Crippen molar-refractivity contribution in [3.05, 3.63) is 60.4 Å². The number of phenolic OH excluding ortho intramolecular Hbond substituents is 1. The van der Waals surface area contributed by atoms with Crippen molar-refractivity contribution in [3.8, 4) is 5.75 Å². The van der Waals surface area contributed by atoms with E-state index in [9.17, 15) is 31.0 Å². The summed E-state index contributed by atoms with van der Waals surface area (Å²) in [4.78, 5) is 12.6. The smallest absolute Gasteiger partial charge is 0.297 e. The van der Waals surface area contributed by atoms with E-state index in [1.165, 1.54) is 24.3 Å². The summed E-state index contributed by atoms with van der Waals surface area (Å²) in [5, 5.41) is 31.8. The van der Waals surface area contributed by atoms with E-state index in [-0.39, 0.29) is 38.6 Å². The topological polar surface area (TPSA) is 260 Å². The molecule has 0 amide bonds. The number of anilines is 3. The average Bonchev–Trinajstić information content (AvgIpc) is 2.96. The quantitative estimate of drug-likeness (QED) is 0.0458. The Hall–Kier alpha value is -4.54.